The summed E-state index contributed by atoms with van der Waals surface area (Å²) >= 11 is 0. The molecule has 0 saturated heterocycles. The summed E-state index contributed by atoms with van der Waals surface area (Å²) in [6, 6.07) is 11.4. The topological polar surface area (TPSA) is 96.5 Å². The van der Waals surface area contributed by atoms with Crippen LogP contribution in [0.15, 0.2) is 36.4 Å². The highest BCUT2D eigenvalue weighted by molar-refractivity contribution is 5.93. The Bertz CT molecular complexity index is 940. The molecule has 0 saturated carbocycles. The van der Waals surface area contributed by atoms with Crippen molar-refractivity contribution >= 4 is 23.4 Å². The van der Waals surface area contributed by atoms with E-state index in [4.69, 9.17) is 4.74 Å². The number of hydrogen-bond donors (Lipinski definition) is 3. The summed E-state index contributed by atoms with van der Waals surface area (Å²) < 4.78 is 5.68. The van der Waals surface area contributed by atoms with Gasteiger partial charge in [0.2, 0.25) is 11.8 Å². The zero-order valence-electron chi connectivity index (χ0n) is 18.1. The molecule has 0 bridgehead atoms. The molecule has 0 spiro atoms. The lowest BCUT2D eigenvalue weighted by atomic mass is 10.1. The van der Waals surface area contributed by atoms with Crippen LogP contribution >= 0.6 is 0 Å². The van der Waals surface area contributed by atoms with E-state index in [-0.39, 0.29) is 18.7 Å². The number of rotatable bonds is 7. The molecule has 7 nitrogen and oxygen atoms in total. The maximum atomic E-state index is 12.2. The molecule has 7 heteroatoms. The summed E-state index contributed by atoms with van der Waals surface area (Å²) in [5.74, 6) is -0.597. The van der Waals surface area contributed by atoms with E-state index in [0.29, 0.717) is 11.4 Å². The summed E-state index contributed by atoms with van der Waals surface area (Å²) in [5, 5.41) is 2.76. The van der Waals surface area contributed by atoms with Gasteiger partial charge in [0.05, 0.1) is 0 Å². The number of hydrogen-bond acceptors (Lipinski definition) is 4. The fourth-order valence-electron chi connectivity index (χ4n) is 2.64. The van der Waals surface area contributed by atoms with E-state index in [1.54, 1.807) is 6.92 Å². The molecule has 0 aliphatic rings. The van der Waals surface area contributed by atoms with Crippen LogP contribution in [0, 0.1) is 27.7 Å². The van der Waals surface area contributed by atoms with E-state index in [0.717, 1.165) is 22.3 Å². The maximum absolute atomic E-state index is 12.2. The quantitative estimate of drug-likeness (QED) is 0.610. The second-order valence-electron chi connectivity index (χ2n) is 7.41. The molecule has 0 radical (unpaired) electrons. The molecule has 0 aliphatic carbocycles. The Kier molecular flexibility index (Phi) is 7.98. The SMILES string of the molecule is Cc1ccc(C)c(OC(C)C(=O)NNC(=O)CCC(=O)Nc2ccc(C)c(C)c2)c1. The predicted octanol–water partition coefficient (Wildman–Crippen LogP) is 3.25. The van der Waals surface area contributed by atoms with Crippen LogP contribution in [-0.2, 0) is 14.4 Å². The number of benzene rings is 2. The first kappa shape index (κ1) is 22.9. The lowest BCUT2D eigenvalue weighted by Crippen LogP contribution is -2.47. The molecule has 30 heavy (non-hydrogen) atoms. The average molecular weight is 412 g/mol. The van der Waals surface area contributed by atoms with Gasteiger partial charge in [-0.25, -0.2) is 0 Å². The second kappa shape index (κ2) is 10.4. The van der Waals surface area contributed by atoms with Gasteiger partial charge in [-0.15, -0.1) is 0 Å². The zero-order chi connectivity index (χ0) is 22.3. The fourth-order valence-corrected chi connectivity index (χ4v) is 2.64. The van der Waals surface area contributed by atoms with E-state index >= 15 is 0 Å². The molecule has 0 heterocycles. The average Bonchev–Trinajstić information content (AvgIpc) is 2.70. The first-order valence-corrected chi connectivity index (χ1v) is 9.85. The normalized spacial score (nSPS) is 11.4. The Morgan fingerprint density at radius 1 is 0.833 bits per heavy atom. The molecule has 1 atom stereocenters. The fraction of sp³-hybridized carbons (Fsp3) is 0.348. The molecular formula is C23H29N3O4. The van der Waals surface area contributed by atoms with Crippen molar-refractivity contribution in [2.24, 2.45) is 0 Å². The van der Waals surface area contributed by atoms with Gasteiger partial charge in [0, 0.05) is 18.5 Å². The molecule has 3 amide bonds. The minimum absolute atomic E-state index is 0.00314. The van der Waals surface area contributed by atoms with Crippen molar-refractivity contribution in [1.82, 2.24) is 10.9 Å². The van der Waals surface area contributed by atoms with Crippen LogP contribution < -0.4 is 20.9 Å². The molecule has 2 aromatic rings. The molecule has 0 fully saturated rings. The summed E-state index contributed by atoms with van der Waals surface area (Å²) in [7, 11) is 0. The Balaban J connectivity index is 1.74. The molecule has 2 rings (SSSR count). The molecule has 3 N–H and O–H groups in total. The highest BCUT2D eigenvalue weighted by Gasteiger charge is 2.17. The number of ether oxygens (including phenoxy) is 1. The van der Waals surface area contributed by atoms with Crippen molar-refractivity contribution in [2.45, 2.75) is 53.6 Å². The minimum Gasteiger partial charge on any atom is -0.481 e. The van der Waals surface area contributed by atoms with Crippen molar-refractivity contribution in [1.29, 1.82) is 0 Å². The van der Waals surface area contributed by atoms with E-state index in [9.17, 15) is 14.4 Å². The third kappa shape index (κ3) is 6.92. The first-order valence-electron chi connectivity index (χ1n) is 9.85. The molecule has 1 unspecified atom stereocenters. The molecule has 0 aliphatic heterocycles. The Hall–Kier alpha value is -3.35. The van der Waals surface area contributed by atoms with Crippen molar-refractivity contribution < 1.29 is 19.1 Å². The van der Waals surface area contributed by atoms with E-state index in [1.165, 1.54) is 0 Å². The zero-order valence-corrected chi connectivity index (χ0v) is 18.1. The third-order valence-electron chi connectivity index (χ3n) is 4.71. The lowest BCUT2D eigenvalue weighted by Gasteiger charge is -2.17. The predicted molar refractivity (Wildman–Crippen MR) is 116 cm³/mol. The van der Waals surface area contributed by atoms with Crippen LogP contribution in [-0.4, -0.2) is 23.8 Å². The molecule has 0 aromatic heterocycles. The summed E-state index contributed by atoms with van der Waals surface area (Å²) in [6.07, 6.45) is -0.842. The largest absolute Gasteiger partial charge is 0.481 e. The van der Waals surface area contributed by atoms with Crippen molar-refractivity contribution in [2.75, 3.05) is 5.32 Å². The number of carbonyl (C=O) groups is 3. The summed E-state index contributed by atoms with van der Waals surface area (Å²) in [5.41, 5.74) is 9.48. The Labute approximate surface area is 177 Å². The summed E-state index contributed by atoms with van der Waals surface area (Å²) in [4.78, 5) is 36.1. The van der Waals surface area contributed by atoms with E-state index in [1.807, 2.05) is 64.1 Å². The highest BCUT2D eigenvalue weighted by Crippen LogP contribution is 2.20. The number of aryl methyl sites for hydroxylation is 4. The van der Waals surface area contributed by atoms with Gasteiger partial charge in [0.15, 0.2) is 6.10 Å². The van der Waals surface area contributed by atoms with Crippen molar-refractivity contribution in [3.05, 3.63) is 58.7 Å². The molecule has 160 valence electrons. The first-order chi connectivity index (χ1) is 14.2. The van der Waals surface area contributed by atoms with Crippen LogP contribution in [0.5, 0.6) is 5.75 Å². The number of amides is 3. The van der Waals surface area contributed by atoms with Gasteiger partial charge in [-0.3, -0.25) is 25.2 Å². The standard InChI is InChI=1S/C23H29N3O4/c1-14-6-7-16(3)20(12-14)30-18(5)23(29)26-25-22(28)11-10-21(27)24-19-9-8-15(2)17(4)13-19/h6-9,12-13,18H,10-11H2,1-5H3,(H,24,27)(H,25,28)(H,26,29). The number of carbonyl (C=O) groups excluding carboxylic acids is 3. The van der Waals surface area contributed by atoms with Gasteiger partial charge in [-0.2, -0.15) is 0 Å². The van der Waals surface area contributed by atoms with Crippen LogP contribution in [0.25, 0.3) is 0 Å². The van der Waals surface area contributed by atoms with E-state index < -0.39 is 17.9 Å². The second-order valence-corrected chi connectivity index (χ2v) is 7.41. The number of nitrogens with one attached hydrogen (secondary N) is 3. The van der Waals surface area contributed by atoms with Gasteiger partial charge >= 0.3 is 0 Å². The van der Waals surface area contributed by atoms with Crippen LogP contribution in [0.4, 0.5) is 5.69 Å². The number of hydrazine groups is 1. The highest BCUT2D eigenvalue weighted by atomic mass is 16.5. The third-order valence-corrected chi connectivity index (χ3v) is 4.71. The van der Waals surface area contributed by atoms with Gasteiger partial charge < -0.3 is 10.1 Å². The van der Waals surface area contributed by atoms with Gasteiger partial charge in [-0.05, 0) is 75.1 Å². The lowest BCUT2D eigenvalue weighted by molar-refractivity contribution is -0.133. The van der Waals surface area contributed by atoms with E-state index in [2.05, 4.69) is 16.2 Å². The smallest absolute Gasteiger partial charge is 0.279 e. The molecule has 2 aromatic carbocycles. The van der Waals surface area contributed by atoms with Crippen molar-refractivity contribution in [3.63, 3.8) is 0 Å². The van der Waals surface area contributed by atoms with Gasteiger partial charge in [0.25, 0.3) is 5.91 Å². The summed E-state index contributed by atoms with van der Waals surface area (Å²) in [6.45, 7) is 9.39. The Morgan fingerprint density at radius 3 is 2.20 bits per heavy atom. The number of anilines is 1. The van der Waals surface area contributed by atoms with Crippen LogP contribution in [0.2, 0.25) is 0 Å². The van der Waals surface area contributed by atoms with Crippen LogP contribution in [0.3, 0.4) is 0 Å². The minimum atomic E-state index is -0.793. The van der Waals surface area contributed by atoms with Crippen molar-refractivity contribution in [3.8, 4) is 5.75 Å². The Morgan fingerprint density at radius 2 is 1.50 bits per heavy atom. The molecular weight excluding hydrogens is 382 g/mol. The van der Waals surface area contributed by atoms with Gasteiger partial charge in [-0.1, -0.05) is 18.2 Å². The maximum Gasteiger partial charge on any atom is 0.279 e. The van der Waals surface area contributed by atoms with Crippen LogP contribution in [0.1, 0.15) is 42.0 Å². The van der Waals surface area contributed by atoms with Gasteiger partial charge in [0.1, 0.15) is 5.75 Å². The monoisotopic (exact) mass is 411 g/mol.